The van der Waals surface area contributed by atoms with E-state index in [0.29, 0.717) is 12.8 Å². The van der Waals surface area contributed by atoms with Crippen LogP contribution in [0, 0.1) is 0 Å². The van der Waals surface area contributed by atoms with Crippen LogP contribution < -0.4 is 0 Å². The summed E-state index contributed by atoms with van der Waals surface area (Å²) < 4.78 is 0. The Kier molecular flexibility index (Phi) is 16.0. The minimum absolute atomic E-state index is 0.319. The molecule has 0 saturated heterocycles. The van der Waals surface area contributed by atoms with Gasteiger partial charge < -0.3 is 9.90 Å². The van der Waals surface area contributed by atoms with Crippen molar-refractivity contribution >= 4 is 12.3 Å². The van der Waals surface area contributed by atoms with Crippen molar-refractivity contribution in [3.8, 4) is 0 Å². The summed E-state index contributed by atoms with van der Waals surface area (Å²) in [5.41, 5.74) is 0. The Bertz CT molecular complexity index is 272. The van der Waals surface area contributed by atoms with Crippen molar-refractivity contribution in [2.45, 2.75) is 89.9 Å². The number of carboxylic acid groups (broad SMARTS) is 1. The van der Waals surface area contributed by atoms with Gasteiger partial charge in [-0.05, 0) is 38.5 Å². The van der Waals surface area contributed by atoms with Gasteiger partial charge in [0.05, 0.1) is 0 Å². The zero-order valence-electron chi connectivity index (χ0n) is 13.4. The summed E-state index contributed by atoms with van der Waals surface area (Å²) >= 11 is 0. The molecule has 0 saturated carbocycles. The molecule has 21 heavy (non-hydrogen) atoms. The minimum Gasteiger partial charge on any atom is -0.481 e. The molecule has 0 spiro atoms. The van der Waals surface area contributed by atoms with Gasteiger partial charge in [0.15, 0.2) is 0 Å². The maximum atomic E-state index is 10.3. The lowest BCUT2D eigenvalue weighted by Crippen LogP contribution is -1.93. The summed E-state index contributed by atoms with van der Waals surface area (Å²) in [6, 6.07) is 0. The first-order valence-corrected chi connectivity index (χ1v) is 8.58. The van der Waals surface area contributed by atoms with Crippen LogP contribution in [0.4, 0.5) is 0 Å². The minimum atomic E-state index is -0.675. The highest BCUT2D eigenvalue weighted by Crippen LogP contribution is 2.10. The summed E-state index contributed by atoms with van der Waals surface area (Å²) in [5.74, 6) is -0.675. The monoisotopic (exact) mass is 296 g/mol. The Labute approximate surface area is 129 Å². The molecule has 0 aromatic rings. The van der Waals surface area contributed by atoms with E-state index in [-0.39, 0.29) is 0 Å². The first kappa shape index (κ1) is 19.9. The molecule has 0 heterocycles. The number of carboxylic acids is 1. The molecule has 0 rings (SSSR count). The van der Waals surface area contributed by atoms with Crippen LogP contribution in [-0.2, 0) is 9.59 Å². The Morgan fingerprint density at radius 2 is 1.10 bits per heavy atom. The topological polar surface area (TPSA) is 54.4 Å². The Balaban J connectivity index is 3.07. The number of carbonyl (C=O) groups is 2. The Hall–Kier alpha value is -1.12. The van der Waals surface area contributed by atoms with E-state index in [9.17, 15) is 9.59 Å². The number of aldehydes is 1. The Morgan fingerprint density at radius 3 is 1.62 bits per heavy atom. The lowest BCUT2D eigenvalue weighted by Gasteiger charge is -2.00. The first-order valence-electron chi connectivity index (χ1n) is 8.58. The zero-order valence-corrected chi connectivity index (χ0v) is 13.4. The molecule has 0 aliphatic rings. The van der Waals surface area contributed by atoms with Crippen LogP contribution in [0.15, 0.2) is 12.2 Å². The maximum Gasteiger partial charge on any atom is 0.303 e. The van der Waals surface area contributed by atoms with E-state index in [2.05, 4.69) is 12.2 Å². The van der Waals surface area contributed by atoms with Gasteiger partial charge in [-0.2, -0.15) is 0 Å². The summed E-state index contributed by atoms with van der Waals surface area (Å²) in [5, 5.41) is 8.51. The molecule has 0 aliphatic carbocycles. The maximum absolute atomic E-state index is 10.3. The van der Waals surface area contributed by atoms with E-state index >= 15 is 0 Å². The summed E-state index contributed by atoms with van der Waals surface area (Å²) in [4.78, 5) is 20.5. The molecule has 3 heteroatoms. The first-order chi connectivity index (χ1) is 10.3. The molecule has 1 N–H and O–H groups in total. The van der Waals surface area contributed by atoms with Crippen molar-refractivity contribution in [1.82, 2.24) is 0 Å². The number of allylic oxidation sites excluding steroid dienone is 2. The molecular formula is C18H32O3. The number of rotatable bonds is 16. The van der Waals surface area contributed by atoms with Crippen LogP contribution in [0.1, 0.15) is 89.9 Å². The van der Waals surface area contributed by atoms with Gasteiger partial charge >= 0.3 is 5.97 Å². The van der Waals surface area contributed by atoms with E-state index < -0.39 is 5.97 Å². The van der Waals surface area contributed by atoms with Gasteiger partial charge in [0.2, 0.25) is 0 Å². The second kappa shape index (κ2) is 16.9. The van der Waals surface area contributed by atoms with E-state index in [0.717, 1.165) is 38.4 Å². The van der Waals surface area contributed by atoms with E-state index in [1.165, 1.54) is 44.9 Å². The zero-order chi connectivity index (χ0) is 15.6. The molecule has 122 valence electrons. The van der Waals surface area contributed by atoms with E-state index in [4.69, 9.17) is 5.11 Å². The standard InChI is InChI=1S/C18H32O3/c19-17-15-13-11-9-7-5-3-1-2-4-6-8-10-12-14-16-18(20)21/h3,5,17H,1-2,4,6-16H2,(H,20,21). The highest BCUT2D eigenvalue weighted by atomic mass is 16.4. The van der Waals surface area contributed by atoms with Crippen molar-refractivity contribution < 1.29 is 14.7 Å². The Morgan fingerprint density at radius 1 is 0.667 bits per heavy atom. The van der Waals surface area contributed by atoms with Crippen LogP contribution in [0.5, 0.6) is 0 Å². The van der Waals surface area contributed by atoms with Gasteiger partial charge in [-0.15, -0.1) is 0 Å². The predicted molar refractivity (Wildman–Crippen MR) is 87.5 cm³/mol. The molecule has 0 aromatic heterocycles. The van der Waals surface area contributed by atoms with E-state index in [1.54, 1.807) is 0 Å². The third-order valence-corrected chi connectivity index (χ3v) is 3.62. The largest absolute Gasteiger partial charge is 0.481 e. The fourth-order valence-electron chi connectivity index (χ4n) is 2.32. The number of unbranched alkanes of at least 4 members (excludes halogenated alkanes) is 11. The van der Waals surface area contributed by atoms with Crippen molar-refractivity contribution in [3.63, 3.8) is 0 Å². The summed E-state index contributed by atoms with van der Waals surface area (Å²) in [6.07, 6.45) is 20.4. The lowest BCUT2D eigenvalue weighted by molar-refractivity contribution is -0.137. The number of carbonyl (C=O) groups excluding carboxylic acids is 1. The number of hydrogen-bond donors (Lipinski definition) is 1. The van der Waals surface area contributed by atoms with Crippen molar-refractivity contribution in [1.29, 1.82) is 0 Å². The smallest absolute Gasteiger partial charge is 0.303 e. The molecule has 0 aromatic carbocycles. The quantitative estimate of drug-likeness (QED) is 0.239. The van der Waals surface area contributed by atoms with Crippen molar-refractivity contribution in [2.24, 2.45) is 0 Å². The van der Waals surface area contributed by atoms with Crippen LogP contribution in [0.3, 0.4) is 0 Å². The predicted octanol–water partition coefficient (Wildman–Crippen LogP) is 5.29. The van der Waals surface area contributed by atoms with Crippen LogP contribution in [-0.4, -0.2) is 17.4 Å². The van der Waals surface area contributed by atoms with Gasteiger partial charge in [-0.25, -0.2) is 0 Å². The average molecular weight is 296 g/mol. The molecule has 0 aliphatic heterocycles. The normalized spacial score (nSPS) is 11.0. The molecule has 0 radical (unpaired) electrons. The van der Waals surface area contributed by atoms with Crippen LogP contribution in [0.2, 0.25) is 0 Å². The molecule has 0 bridgehead atoms. The van der Waals surface area contributed by atoms with Gasteiger partial charge in [-0.1, -0.05) is 50.7 Å². The van der Waals surface area contributed by atoms with Crippen LogP contribution >= 0.6 is 0 Å². The van der Waals surface area contributed by atoms with Crippen LogP contribution in [0.25, 0.3) is 0 Å². The fourth-order valence-corrected chi connectivity index (χ4v) is 2.32. The highest BCUT2D eigenvalue weighted by Gasteiger charge is 1.96. The van der Waals surface area contributed by atoms with Gasteiger partial charge in [0.25, 0.3) is 0 Å². The summed E-state index contributed by atoms with van der Waals surface area (Å²) in [6.45, 7) is 0. The SMILES string of the molecule is O=CCCCCCC=CCCCCCCCCCC(=O)O. The third kappa shape index (κ3) is 18.9. The van der Waals surface area contributed by atoms with E-state index in [1.807, 2.05) is 0 Å². The molecule has 0 unspecified atom stereocenters. The third-order valence-electron chi connectivity index (χ3n) is 3.62. The van der Waals surface area contributed by atoms with Crippen molar-refractivity contribution in [2.75, 3.05) is 0 Å². The highest BCUT2D eigenvalue weighted by molar-refractivity contribution is 5.66. The number of aliphatic carboxylic acids is 1. The van der Waals surface area contributed by atoms with Gasteiger partial charge in [0, 0.05) is 12.8 Å². The number of hydrogen-bond acceptors (Lipinski definition) is 2. The molecule has 0 fully saturated rings. The molecule has 3 nitrogen and oxygen atoms in total. The average Bonchev–Trinajstić information content (AvgIpc) is 2.46. The second-order valence-corrected chi connectivity index (χ2v) is 5.68. The fraction of sp³-hybridized carbons (Fsp3) is 0.778. The molecule has 0 amide bonds. The molecule has 0 atom stereocenters. The van der Waals surface area contributed by atoms with Gasteiger partial charge in [0.1, 0.15) is 6.29 Å². The van der Waals surface area contributed by atoms with Crippen molar-refractivity contribution in [3.05, 3.63) is 12.2 Å². The lowest BCUT2D eigenvalue weighted by atomic mass is 10.1. The summed E-state index contributed by atoms with van der Waals surface area (Å²) in [7, 11) is 0. The van der Waals surface area contributed by atoms with Gasteiger partial charge in [-0.3, -0.25) is 4.79 Å². The molecular weight excluding hydrogens is 264 g/mol. The second-order valence-electron chi connectivity index (χ2n) is 5.68.